The predicted octanol–water partition coefficient (Wildman–Crippen LogP) is 3.79. The Labute approximate surface area is 129 Å². The maximum Gasteiger partial charge on any atom is 0.124 e. The molecule has 2 atom stereocenters. The fourth-order valence-corrected chi connectivity index (χ4v) is 3.40. The molecule has 0 spiro atoms. The molecule has 20 heavy (non-hydrogen) atoms. The molecule has 3 N–H and O–H groups in total. The van der Waals surface area contributed by atoms with Gasteiger partial charge in [-0.1, -0.05) is 35.2 Å². The second kappa shape index (κ2) is 7.43. The highest BCUT2D eigenvalue weighted by atomic mass is 79.9. The summed E-state index contributed by atoms with van der Waals surface area (Å²) in [6.07, 6.45) is 5.33. The number of ether oxygens (including phenoxy) is 1. The lowest BCUT2D eigenvalue weighted by Crippen LogP contribution is -2.34. The summed E-state index contributed by atoms with van der Waals surface area (Å²) in [5.74, 6) is 1.09. The summed E-state index contributed by atoms with van der Waals surface area (Å²) in [7, 11) is 0. The van der Waals surface area contributed by atoms with Crippen molar-refractivity contribution in [3.05, 3.63) is 28.2 Å². The second-order valence-electron chi connectivity index (χ2n) is 5.53. The summed E-state index contributed by atoms with van der Waals surface area (Å²) >= 11 is 3.47. The Bertz CT molecular complexity index is 432. The molecule has 1 aliphatic rings. The first-order valence-corrected chi connectivity index (χ1v) is 8.28. The lowest BCUT2D eigenvalue weighted by Gasteiger charge is -2.31. The van der Waals surface area contributed by atoms with E-state index in [2.05, 4.69) is 15.9 Å². The van der Waals surface area contributed by atoms with Gasteiger partial charge < -0.3 is 15.6 Å². The number of benzene rings is 1. The van der Waals surface area contributed by atoms with E-state index in [4.69, 9.17) is 10.5 Å². The Morgan fingerprint density at radius 2 is 2.05 bits per heavy atom. The molecule has 1 aromatic carbocycles. The van der Waals surface area contributed by atoms with Gasteiger partial charge in [-0.25, -0.2) is 0 Å². The summed E-state index contributed by atoms with van der Waals surface area (Å²) in [6, 6.07) is 5.42. The first-order chi connectivity index (χ1) is 9.63. The lowest BCUT2D eigenvalue weighted by molar-refractivity contribution is 0.0609. The molecular formula is C16H24BrNO2. The molecule has 1 saturated carbocycles. The number of nitrogens with two attached hydrogens (primary N) is 1. The molecule has 1 aromatic rings. The summed E-state index contributed by atoms with van der Waals surface area (Å²) in [4.78, 5) is 0. The molecule has 0 amide bonds. The summed E-state index contributed by atoms with van der Waals surface area (Å²) in [5.41, 5.74) is 7.21. The van der Waals surface area contributed by atoms with Gasteiger partial charge >= 0.3 is 0 Å². The second-order valence-corrected chi connectivity index (χ2v) is 6.45. The molecule has 0 saturated heterocycles. The average molecular weight is 342 g/mol. The average Bonchev–Trinajstić information content (AvgIpc) is 2.48. The van der Waals surface area contributed by atoms with Crippen molar-refractivity contribution >= 4 is 15.9 Å². The molecule has 112 valence electrons. The van der Waals surface area contributed by atoms with E-state index in [1.54, 1.807) is 0 Å². The highest BCUT2D eigenvalue weighted by molar-refractivity contribution is 9.10. The van der Waals surface area contributed by atoms with E-state index in [0.717, 1.165) is 28.6 Å². The molecule has 0 bridgehead atoms. The van der Waals surface area contributed by atoms with Crippen LogP contribution in [0.15, 0.2) is 22.7 Å². The van der Waals surface area contributed by atoms with Crippen molar-refractivity contribution in [3.63, 3.8) is 0 Å². The van der Waals surface area contributed by atoms with Crippen LogP contribution in [0.3, 0.4) is 0 Å². The SMILES string of the molecule is CCOc1ccc(Br)cc1[C@@H](N)[C@@H](O)C1CCCCC1. The van der Waals surface area contributed by atoms with Crippen LogP contribution >= 0.6 is 15.9 Å². The van der Waals surface area contributed by atoms with Crippen LogP contribution in [0, 0.1) is 5.92 Å². The van der Waals surface area contributed by atoms with Crippen molar-refractivity contribution < 1.29 is 9.84 Å². The predicted molar refractivity (Wildman–Crippen MR) is 84.8 cm³/mol. The smallest absolute Gasteiger partial charge is 0.124 e. The van der Waals surface area contributed by atoms with Gasteiger partial charge in [0.15, 0.2) is 0 Å². The fraction of sp³-hybridized carbons (Fsp3) is 0.625. The summed E-state index contributed by atoms with van der Waals surface area (Å²) in [5, 5.41) is 10.6. The third-order valence-electron chi connectivity index (χ3n) is 4.13. The van der Waals surface area contributed by atoms with Crippen molar-refractivity contribution in [2.45, 2.75) is 51.2 Å². The van der Waals surface area contributed by atoms with Crippen LogP contribution in [0.25, 0.3) is 0 Å². The topological polar surface area (TPSA) is 55.5 Å². The molecule has 0 unspecified atom stereocenters. The molecule has 3 nitrogen and oxygen atoms in total. The van der Waals surface area contributed by atoms with Crippen molar-refractivity contribution in [1.29, 1.82) is 0 Å². The standard InChI is InChI=1S/C16H24BrNO2/c1-2-20-14-9-8-12(17)10-13(14)15(18)16(19)11-6-4-3-5-7-11/h8-11,15-16,19H,2-7,18H2,1H3/t15-,16+/m1/s1. The maximum atomic E-state index is 10.6. The highest BCUT2D eigenvalue weighted by Crippen LogP contribution is 2.35. The summed E-state index contributed by atoms with van der Waals surface area (Å²) < 4.78 is 6.60. The molecular weight excluding hydrogens is 318 g/mol. The maximum absolute atomic E-state index is 10.6. The summed E-state index contributed by atoms with van der Waals surface area (Å²) in [6.45, 7) is 2.55. The zero-order valence-electron chi connectivity index (χ0n) is 12.0. The van der Waals surface area contributed by atoms with Crippen LogP contribution in [0.2, 0.25) is 0 Å². The number of halogens is 1. The number of aliphatic hydroxyl groups is 1. The third-order valence-corrected chi connectivity index (χ3v) is 4.62. The van der Waals surface area contributed by atoms with Gasteiger partial charge in [-0.15, -0.1) is 0 Å². The lowest BCUT2D eigenvalue weighted by atomic mass is 9.81. The van der Waals surface area contributed by atoms with Crippen LogP contribution in [-0.4, -0.2) is 17.8 Å². The van der Waals surface area contributed by atoms with Crippen molar-refractivity contribution in [2.75, 3.05) is 6.61 Å². The third kappa shape index (κ3) is 3.74. The van der Waals surface area contributed by atoms with Gasteiger partial charge in [0.25, 0.3) is 0 Å². The first kappa shape index (κ1) is 15.8. The van der Waals surface area contributed by atoms with Gasteiger partial charge in [0.2, 0.25) is 0 Å². The van der Waals surface area contributed by atoms with E-state index >= 15 is 0 Å². The Balaban J connectivity index is 2.17. The first-order valence-electron chi connectivity index (χ1n) is 7.49. The molecule has 0 aliphatic heterocycles. The molecule has 0 heterocycles. The Morgan fingerprint density at radius 3 is 2.70 bits per heavy atom. The van der Waals surface area contributed by atoms with Gasteiger partial charge in [0.05, 0.1) is 18.8 Å². The minimum Gasteiger partial charge on any atom is -0.494 e. The Kier molecular flexibility index (Phi) is 5.87. The van der Waals surface area contributed by atoms with E-state index in [0.29, 0.717) is 12.5 Å². The van der Waals surface area contributed by atoms with E-state index in [9.17, 15) is 5.11 Å². The van der Waals surface area contributed by atoms with E-state index in [1.165, 1.54) is 19.3 Å². The largest absolute Gasteiger partial charge is 0.494 e. The van der Waals surface area contributed by atoms with E-state index in [1.807, 2.05) is 25.1 Å². The molecule has 0 aromatic heterocycles. The number of aliphatic hydroxyl groups excluding tert-OH is 1. The van der Waals surface area contributed by atoms with E-state index < -0.39 is 12.1 Å². The van der Waals surface area contributed by atoms with Crippen LogP contribution in [0.5, 0.6) is 5.75 Å². The van der Waals surface area contributed by atoms with Gasteiger partial charge in [0, 0.05) is 10.0 Å². The fourth-order valence-electron chi connectivity index (χ4n) is 3.02. The molecule has 1 fully saturated rings. The quantitative estimate of drug-likeness (QED) is 0.856. The van der Waals surface area contributed by atoms with Crippen molar-refractivity contribution in [1.82, 2.24) is 0 Å². The molecule has 1 aliphatic carbocycles. The van der Waals surface area contributed by atoms with Gasteiger partial charge in [-0.05, 0) is 43.9 Å². The Morgan fingerprint density at radius 1 is 1.35 bits per heavy atom. The number of hydrogen-bond donors (Lipinski definition) is 2. The minimum absolute atomic E-state index is 0.312. The Hall–Kier alpha value is -0.580. The molecule has 4 heteroatoms. The molecule has 2 rings (SSSR count). The normalized spacial score (nSPS) is 19.6. The highest BCUT2D eigenvalue weighted by Gasteiger charge is 2.29. The zero-order chi connectivity index (χ0) is 14.5. The number of rotatable bonds is 5. The van der Waals surface area contributed by atoms with Crippen LogP contribution in [0.4, 0.5) is 0 Å². The van der Waals surface area contributed by atoms with E-state index in [-0.39, 0.29) is 0 Å². The van der Waals surface area contributed by atoms with Gasteiger partial charge in [-0.2, -0.15) is 0 Å². The minimum atomic E-state index is -0.496. The number of hydrogen-bond acceptors (Lipinski definition) is 3. The monoisotopic (exact) mass is 341 g/mol. The van der Waals surface area contributed by atoms with Crippen LogP contribution in [-0.2, 0) is 0 Å². The van der Waals surface area contributed by atoms with Gasteiger partial charge in [0.1, 0.15) is 5.75 Å². The molecule has 0 radical (unpaired) electrons. The van der Waals surface area contributed by atoms with Gasteiger partial charge in [-0.3, -0.25) is 0 Å². The van der Waals surface area contributed by atoms with Crippen LogP contribution < -0.4 is 10.5 Å². The zero-order valence-corrected chi connectivity index (χ0v) is 13.6. The van der Waals surface area contributed by atoms with Crippen molar-refractivity contribution in [3.8, 4) is 5.75 Å². The van der Waals surface area contributed by atoms with Crippen LogP contribution in [0.1, 0.15) is 50.6 Å². The van der Waals surface area contributed by atoms with Crippen molar-refractivity contribution in [2.24, 2.45) is 11.7 Å².